The van der Waals surface area contributed by atoms with Crippen LogP contribution >= 0.6 is 0 Å². The Labute approximate surface area is 329 Å². The van der Waals surface area contributed by atoms with E-state index in [1.165, 1.54) is 7.11 Å². The lowest BCUT2D eigenvalue weighted by molar-refractivity contribution is -0.116. The number of ether oxygens (including phenoxy) is 5. The Morgan fingerprint density at radius 2 is 1.43 bits per heavy atom. The lowest BCUT2D eigenvalue weighted by Crippen LogP contribution is -2.18. The molecule has 0 radical (unpaired) electrons. The first-order valence-corrected chi connectivity index (χ1v) is 20.0. The van der Waals surface area contributed by atoms with Crippen LogP contribution in [0.3, 0.4) is 0 Å². The minimum Gasteiger partial charge on any atom is -0.494 e. The number of anilines is 2. The molecule has 0 aliphatic rings. The van der Waals surface area contributed by atoms with Gasteiger partial charge in [0.2, 0.25) is 11.7 Å². The molecule has 0 spiro atoms. The van der Waals surface area contributed by atoms with Crippen LogP contribution in [0.5, 0.6) is 34.6 Å². The fourth-order valence-corrected chi connectivity index (χ4v) is 6.72. The quantitative estimate of drug-likeness (QED) is 0.0935. The number of carbonyl (C=O) groups excluding carboxylic acids is 1. The van der Waals surface area contributed by atoms with Crippen LogP contribution in [0.1, 0.15) is 71.9 Å². The van der Waals surface area contributed by atoms with Crippen molar-refractivity contribution in [3.63, 3.8) is 0 Å². The minimum absolute atomic E-state index is 0.00620. The third-order valence-corrected chi connectivity index (χ3v) is 9.92. The molecule has 13 heteroatoms. The molecule has 56 heavy (non-hydrogen) atoms. The number of para-hydroxylation sites is 3. The number of benzene rings is 4. The Balaban J connectivity index is 1.62. The standard InChI is InChI=1S/C43H50N4O8S/c1-9-52-31-25-29(26-32(27-31)53-10-2)40-45-41(47-56(49,50)33-21-19-30(20-22-33)43(5,6)7)39(55-37-18-14-13-17-36(37)51-8)42(46-40)54-24-23-38(48)44-35-16-12-11-15-34(35)28(3)4/h11-22,25-28H,9-10,23-24H2,1-8H3,(H,44,48)(H,45,46,47). The number of methoxy groups -OCH3 is 1. The van der Waals surface area contributed by atoms with Crippen LogP contribution in [0.15, 0.2) is 95.9 Å². The minimum atomic E-state index is -4.26. The molecule has 0 aliphatic heterocycles. The van der Waals surface area contributed by atoms with E-state index in [0.29, 0.717) is 41.7 Å². The molecular weight excluding hydrogens is 733 g/mol. The number of sulfonamides is 1. The van der Waals surface area contributed by atoms with Gasteiger partial charge in [0.25, 0.3) is 15.9 Å². The van der Waals surface area contributed by atoms with Crippen molar-refractivity contribution in [1.29, 1.82) is 0 Å². The zero-order valence-electron chi connectivity index (χ0n) is 33.1. The Bertz CT molecular complexity index is 2210. The van der Waals surface area contributed by atoms with Crippen LogP contribution < -0.4 is 33.7 Å². The van der Waals surface area contributed by atoms with E-state index >= 15 is 0 Å². The van der Waals surface area contributed by atoms with Crippen molar-refractivity contribution < 1.29 is 36.9 Å². The number of carbonyl (C=O) groups is 1. The maximum atomic E-state index is 14.1. The summed E-state index contributed by atoms with van der Waals surface area (Å²) in [4.78, 5) is 22.7. The second-order valence-electron chi connectivity index (χ2n) is 14.1. The van der Waals surface area contributed by atoms with Crippen LogP contribution in [0.4, 0.5) is 11.5 Å². The van der Waals surface area contributed by atoms with Crippen LogP contribution in [-0.2, 0) is 20.2 Å². The van der Waals surface area contributed by atoms with E-state index in [2.05, 4.69) is 23.9 Å². The zero-order valence-corrected chi connectivity index (χ0v) is 34.0. The van der Waals surface area contributed by atoms with Gasteiger partial charge in [-0.25, -0.2) is 13.4 Å². The normalized spacial score (nSPS) is 11.5. The molecule has 4 aromatic carbocycles. The van der Waals surface area contributed by atoms with E-state index in [0.717, 1.165) is 11.1 Å². The third kappa shape index (κ3) is 10.5. The largest absolute Gasteiger partial charge is 0.494 e. The third-order valence-electron chi connectivity index (χ3n) is 8.56. The van der Waals surface area contributed by atoms with Gasteiger partial charge in [-0.3, -0.25) is 9.52 Å². The Morgan fingerprint density at radius 3 is 2.04 bits per heavy atom. The second-order valence-corrected chi connectivity index (χ2v) is 15.8. The fraction of sp³-hybridized carbons (Fsp3) is 0.326. The van der Waals surface area contributed by atoms with E-state index in [9.17, 15) is 13.2 Å². The van der Waals surface area contributed by atoms with Crippen molar-refractivity contribution in [1.82, 2.24) is 9.97 Å². The van der Waals surface area contributed by atoms with Crippen molar-refractivity contribution in [2.75, 3.05) is 37.0 Å². The first-order chi connectivity index (χ1) is 26.7. The van der Waals surface area contributed by atoms with E-state index in [-0.39, 0.29) is 64.2 Å². The average Bonchev–Trinajstić information content (AvgIpc) is 3.16. The highest BCUT2D eigenvalue weighted by atomic mass is 32.2. The fourth-order valence-electron chi connectivity index (χ4n) is 5.72. The predicted molar refractivity (Wildman–Crippen MR) is 218 cm³/mol. The van der Waals surface area contributed by atoms with Gasteiger partial charge in [-0.2, -0.15) is 4.98 Å². The summed E-state index contributed by atoms with van der Waals surface area (Å²) < 4.78 is 60.6. The summed E-state index contributed by atoms with van der Waals surface area (Å²) in [7, 11) is -2.77. The van der Waals surface area contributed by atoms with Crippen LogP contribution in [-0.4, -0.2) is 51.2 Å². The molecule has 1 amide bonds. The number of nitrogens with one attached hydrogen (secondary N) is 2. The van der Waals surface area contributed by atoms with Gasteiger partial charge in [-0.1, -0.05) is 77.1 Å². The number of aromatic nitrogens is 2. The highest BCUT2D eigenvalue weighted by Gasteiger charge is 2.27. The number of rotatable bonds is 17. The van der Waals surface area contributed by atoms with E-state index in [1.807, 2.05) is 58.9 Å². The molecule has 0 bridgehead atoms. The summed E-state index contributed by atoms with van der Waals surface area (Å²) in [6.45, 7) is 14.6. The number of hydrogen-bond donors (Lipinski definition) is 2. The van der Waals surface area contributed by atoms with E-state index < -0.39 is 10.0 Å². The van der Waals surface area contributed by atoms with Crippen LogP contribution in [0.25, 0.3) is 11.4 Å². The van der Waals surface area contributed by atoms with Gasteiger partial charge in [0, 0.05) is 17.3 Å². The van der Waals surface area contributed by atoms with Crippen molar-refractivity contribution in [3.05, 3.63) is 102 Å². The summed E-state index contributed by atoms with van der Waals surface area (Å²) >= 11 is 0. The Morgan fingerprint density at radius 1 is 0.804 bits per heavy atom. The molecule has 5 aromatic rings. The lowest BCUT2D eigenvalue weighted by Gasteiger charge is -2.20. The van der Waals surface area contributed by atoms with Gasteiger partial charge in [0.05, 0.1) is 38.2 Å². The SMILES string of the molecule is CCOc1cc(OCC)cc(-c2nc(NS(=O)(=O)c3ccc(C(C)(C)C)cc3)c(Oc3ccccc3OC)c(OCCC(=O)Nc3ccccc3C(C)C)n2)c1. The maximum Gasteiger partial charge on any atom is 0.263 e. The maximum absolute atomic E-state index is 14.1. The number of hydrogen-bond acceptors (Lipinski definition) is 10. The number of nitrogens with zero attached hydrogens (tertiary/aromatic N) is 2. The monoisotopic (exact) mass is 782 g/mol. The Kier molecular flexibility index (Phi) is 13.4. The van der Waals surface area contributed by atoms with Crippen molar-refractivity contribution in [3.8, 4) is 46.0 Å². The van der Waals surface area contributed by atoms with E-state index in [1.54, 1.807) is 66.7 Å². The van der Waals surface area contributed by atoms with Crippen molar-refractivity contribution >= 4 is 27.4 Å². The number of amides is 1. The summed E-state index contributed by atoms with van der Waals surface area (Å²) in [5.41, 5.74) is 2.94. The second kappa shape index (κ2) is 18.2. The molecule has 0 aliphatic carbocycles. The first kappa shape index (κ1) is 41.3. The molecule has 296 valence electrons. The van der Waals surface area contributed by atoms with Crippen LogP contribution in [0.2, 0.25) is 0 Å². The average molecular weight is 783 g/mol. The molecule has 0 unspecified atom stereocenters. The van der Waals surface area contributed by atoms with E-state index in [4.69, 9.17) is 33.7 Å². The van der Waals surface area contributed by atoms with Gasteiger partial charge in [0.15, 0.2) is 23.1 Å². The zero-order chi connectivity index (χ0) is 40.5. The molecule has 0 saturated carbocycles. The molecule has 5 rings (SSSR count). The van der Waals surface area contributed by atoms with Crippen LogP contribution in [0, 0.1) is 0 Å². The van der Waals surface area contributed by atoms with Crippen molar-refractivity contribution in [2.45, 2.75) is 71.1 Å². The summed E-state index contributed by atoms with van der Waals surface area (Å²) in [6.07, 6.45) is -0.0602. The molecule has 0 fully saturated rings. The molecule has 2 N–H and O–H groups in total. The molecule has 12 nitrogen and oxygen atoms in total. The topological polar surface area (TPSA) is 147 Å². The highest BCUT2D eigenvalue weighted by Crippen LogP contribution is 2.42. The molecule has 0 saturated heterocycles. The molecular formula is C43H50N4O8S. The van der Waals surface area contributed by atoms with Gasteiger partial charge in [-0.05, 0) is 78.8 Å². The first-order valence-electron chi connectivity index (χ1n) is 18.5. The smallest absolute Gasteiger partial charge is 0.263 e. The molecule has 0 atom stereocenters. The summed E-state index contributed by atoms with van der Waals surface area (Å²) in [5, 5.41) is 2.98. The van der Waals surface area contributed by atoms with Gasteiger partial charge < -0.3 is 29.0 Å². The highest BCUT2D eigenvalue weighted by molar-refractivity contribution is 7.92. The van der Waals surface area contributed by atoms with Gasteiger partial charge in [-0.15, -0.1) is 0 Å². The summed E-state index contributed by atoms with van der Waals surface area (Å²) in [5.74, 6) is 1.08. The van der Waals surface area contributed by atoms with Gasteiger partial charge in [0.1, 0.15) is 11.5 Å². The predicted octanol–water partition coefficient (Wildman–Crippen LogP) is 9.37. The Hall–Kier alpha value is -5.82. The molecule has 1 heterocycles. The lowest BCUT2D eigenvalue weighted by atomic mass is 9.87. The summed E-state index contributed by atoms with van der Waals surface area (Å²) in [6, 6.07) is 26.3. The molecule has 1 aromatic heterocycles. The van der Waals surface area contributed by atoms with Crippen molar-refractivity contribution in [2.24, 2.45) is 0 Å². The van der Waals surface area contributed by atoms with Gasteiger partial charge >= 0.3 is 0 Å².